The summed E-state index contributed by atoms with van der Waals surface area (Å²) in [6.45, 7) is -0.559. The number of aryl methyl sites for hydroxylation is 1. The van der Waals surface area contributed by atoms with Gasteiger partial charge in [0.1, 0.15) is 11.6 Å². The van der Waals surface area contributed by atoms with Crippen molar-refractivity contribution in [2.24, 2.45) is 0 Å². The van der Waals surface area contributed by atoms with Gasteiger partial charge in [0.2, 0.25) is 0 Å². The molecule has 0 bridgehead atoms. The van der Waals surface area contributed by atoms with Crippen molar-refractivity contribution in [3.63, 3.8) is 0 Å². The van der Waals surface area contributed by atoms with Crippen molar-refractivity contribution in [1.29, 1.82) is 0 Å². The normalized spacial score (nSPS) is 10.6. The highest BCUT2D eigenvalue weighted by molar-refractivity contribution is 6.04. The quantitative estimate of drug-likeness (QED) is 0.637. The molecule has 2 heterocycles. The summed E-state index contributed by atoms with van der Waals surface area (Å²) >= 11 is 0. The smallest absolute Gasteiger partial charge is 0.387 e. The van der Waals surface area contributed by atoms with Crippen molar-refractivity contribution in [3.8, 4) is 5.75 Å². The van der Waals surface area contributed by atoms with Crippen LogP contribution in [0.2, 0.25) is 0 Å². The third-order valence-electron chi connectivity index (χ3n) is 3.81. The molecule has 2 N–H and O–H groups in total. The van der Waals surface area contributed by atoms with E-state index in [-0.39, 0.29) is 11.7 Å². The molecule has 3 rings (SSSR count). The maximum absolute atomic E-state index is 12.3. The van der Waals surface area contributed by atoms with Crippen LogP contribution < -0.4 is 15.4 Å². The zero-order chi connectivity index (χ0) is 19.9. The van der Waals surface area contributed by atoms with Gasteiger partial charge in [-0.3, -0.25) is 9.78 Å². The first-order chi connectivity index (χ1) is 13.5. The molecule has 0 aliphatic heterocycles. The average molecular weight is 384 g/mol. The number of anilines is 2. The van der Waals surface area contributed by atoms with Crippen molar-refractivity contribution >= 4 is 17.4 Å². The van der Waals surface area contributed by atoms with Crippen LogP contribution in [-0.4, -0.2) is 22.5 Å². The fraction of sp³-hybridized carbons (Fsp3) is 0.150. The van der Waals surface area contributed by atoms with Crippen LogP contribution in [0.1, 0.15) is 21.6 Å². The SMILES string of the molecule is Cc1ccc(NC(=O)c2ccc(NCc3ccc(OC(F)F)cn3)nc2)cc1. The number of alkyl halides is 2. The highest BCUT2D eigenvalue weighted by Crippen LogP contribution is 2.14. The van der Waals surface area contributed by atoms with Crippen LogP contribution in [0.5, 0.6) is 5.75 Å². The molecular formula is C20H18F2N4O2. The lowest BCUT2D eigenvalue weighted by Gasteiger charge is -2.08. The maximum Gasteiger partial charge on any atom is 0.387 e. The molecular weight excluding hydrogens is 366 g/mol. The number of hydrogen-bond donors (Lipinski definition) is 2. The van der Waals surface area contributed by atoms with Gasteiger partial charge in [-0.15, -0.1) is 0 Å². The molecule has 1 amide bonds. The Morgan fingerprint density at radius 2 is 1.82 bits per heavy atom. The zero-order valence-corrected chi connectivity index (χ0v) is 15.0. The minimum absolute atomic E-state index is 0.000756. The van der Waals surface area contributed by atoms with Gasteiger partial charge < -0.3 is 15.4 Å². The van der Waals surface area contributed by atoms with Gasteiger partial charge in [-0.25, -0.2) is 4.98 Å². The number of halogens is 2. The minimum atomic E-state index is -2.88. The van der Waals surface area contributed by atoms with E-state index in [1.165, 1.54) is 18.5 Å². The predicted molar refractivity (Wildman–Crippen MR) is 102 cm³/mol. The molecule has 144 valence electrons. The van der Waals surface area contributed by atoms with Gasteiger partial charge in [0.15, 0.2) is 0 Å². The molecule has 2 aromatic heterocycles. The van der Waals surface area contributed by atoms with E-state index >= 15 is 0 Å². The Morgan fingerprint density at radius 1 is 1.04 bits per heavy atom. The lowest BCUT2D eigenvalue weighted by molar-refractivity contribution is -0.0500. The van der Waals surface area contributed by atoms with Gasteiger partial charge >= 0.3 is 6.61 Å². The number of nitrogens with zero attached hydrogens (tertiary/aromatic N) is 2. The molecule has 0 saturated carbocycles. The molecule has 6 nitrogen and oxygen atoms in total. The first-order valence-corrected chi connectivity index (χ1v) is 8.47. The van der Waals surface area contributed by atoms with Crippen molar-refractivity contribution in [2.75, 3.05) is 10.6 Å². The summed E-state index contributed by atoms with van der Waals surface area (Å²) in [5, 5.41) is 5.86. The van der Waals surface area contributed by atoms with E-state index in [4.69, 9.17) is 0 Å². The number of pyridine rings is 2. The summed E-state index contributed by atoms with van der Waals surface area (Å²) < 4.78 is 28.5. The average Bonchev–Trinajstić information content (AvgIpc) is 2.69. The van der Waals surface area contributed by atoms with Gasteiger partial charge in [-0.1, -0.05) is 17.7 Å². The largest absolute Gasteiger partial charge is 0.433 e. The van der Waals surface area contributed by atoms with Gasteiger partial charge in [-0.05, 0) is 43.3 Å². The molecule has 28 heavy (non-hydrogen) atoms. The Balaban J connectivity index is 1.53. The maximum atomic E-state index is 12.3. The van der Waals surface area contributed by atoms with Crippen LogP contribution in [0.25, 0.3) is 0 Å². The van der Waals surface area contributed by atoms with Crippen LogP contribution in [-0.2, 0) is 6.54 Å². The van der Waals surface area contributed by atoms with Crippen molar-refractivity contribution < 1.29 is 18.3 Å². The van der Waals surface area contributed by atoms with Gasteiger partial charge in [-0.2, -0.15) is 8.78 Å². The lowest BCUT2D eigenvalue weighted by atomic mass is 10.2. The first-order valence-electron chi connectivity index (χ1n) is 8.47. The Morgan fingerprint density at radius 3 is 2.43 bits per heavy atom. The number of carbonyl (C=O) groups excluding carboxylic acids is 1. The van der Waals surface area contributed by atoms with Crippen LogP contribution in [0.3, 0.4) is 0 Å². The van der Waals surface area contributed by atoms with E-state index in [2.05, 4.69) is 25.3 Å². The molecule has 3 aromatic rings. The molecule has 0 fully saturated rings. The number of rotatable bonds is 7. The summed E-state index contributed by atoms with van der Waals surface area (Å²) in [5.74, 6) is 0.307. The van der Waals surface area contributed by atoms with Crippen molar-refractivity contribution in [1.82, 2.24) is 9.97 Å². The van der Waals surface area contributed by atoms with E-state index in [0.29, 0.717) is 29.3 Å². The standard InChI is InChI=1S/C20H18F2N4O2/c1-13-2-5-15(6-3-13)26-19(27)14-4-9-18(24-10-14)25-11-16-7-8-17(12-23-16)28-20(21)22/h2-10,12,20H,11H2,1H3,(H,24,25)(H,26,27). The Kier molecular flexibility index (Phi) is 6.11. The predicted octanol–water partition coefficient (Wildman–Crippen LogP) is 4.25. The van der Waals surface area contributed by atoms with Gasteiger partial charge in [0.25, 0.3) is 5.91 Å². The third kappa shape index (κ3) is 5.47. The molecule has 0 atom stereocenters. The zero-order valence-electron chi connectivity index (χ0n) is 15.0. The monoisotopic (exact) mass is 384 g/mol. The number of carbonyl (C=O) groups is 1. The molecule has 0 radical (unpaired) electrons. The number of hydrogen-bond acceptors (Lipinski definition) is 5. The van der Waals surface area contributed by atoms with Crippen LogP contribution in [0, 0.1) is 6.92 Å². The molecule has 0 aliphatic carbocycles. The topological polar surface area (TPSA) is 76.1 Å². The van der Waals surface area contributed by atoms with E-state index in [1.807, 2.05) is 31.2 Å². The fourth-order valence-corrected chi connectivity index (χ4v) is 2.34. The number of amides is 1. The number of benzene rings is 1. The molecule has 0 aliphatic rings. The summed E-state index contributed by atoms with van der Waals surface area (Å²) in [4.78, 5) is 20.5. The minimum Gasteiger partial charge on any atom is -0.433 e. The van der Waals surface area contributed by atoms with Crippen molar-refractivity contribution in [2.45, 2.75) is 20.1 Å². The Hall–Kier alpha value is -3.55. The second-order valence-electron chi connectivity index (χ2n) is 5.97. The van der Waals surface area contributed by atoms with Gasteiger partial charge in [0, 0.05) is 11.9 Å². The summed E-state index contributed by atoms with van der Waals surface area (Å²) in [7, 11) is 0. The lowest BCUT2D eigenvalue weighted by Crippen LogP contribution is -2.12. The number of nitrogens with one attached hydrogen (secondary N) is 2. The molecule has 0 saturated heterocycles. The van der Waals surface area contributed by atoms with Crippen molar-refractivity contribution in [3.05, 3.63) is 77.7 Å². The molecule has 1 aromatic carbocycles. The Bertz CT molecular complexity index is 914. The number of ether oxygens (including phenoxy) is 1. The fourth-order valence-electron chi connectivity index (χ4n) is 2.34. The molecule has 0 unspecified atom stereocenters. The third-order valence-corrected chi connectivity index (χ3v) is 3.81. The molecule has 8 heteroatoms. The van der Waals surface area contributed by atoms with Crippen LogP contribution in [0.15, 0.2) is 60.9 Å². The van der Waals surface area contributed by atoms with Crippen LogP contribution >= 0.6 is 0 Å². The summed E-state index contributed by atoms with van der Waals surface area (Å²) in [5.41, 5.74) is 2.88. The second kappa shape index (κ2) is 8.90. The highest BCUT2D eigenvalue weighted by Gasteiger charge is 2.07. The summed E-state index contributed by atoms with van der Waals surface area (Å²) in [6, 6.07) is 13.8. The Labute approximate surface area is 160 Å². The van der Waals surface area contributed by atoms with E-state index in [9.17, 15) is 13.6 Å². The van der Waals surface area contributed by atoms with E-state index in [1.54, 1.807) is 18.2 Å². The second-order valence-corrected chi connectivity index (χ2v) is 5.97. The first kappa shape index (κ1) is 19.2. The highest BCUT2D eigenvalue weighted by atomic mass is 19.3. The van der Waals surface area contributed by atoms with Gasteiger partial charge in [0.05, 0.1) is 24.0 Å². The van der Waals surface area contributed by atoms with E-state index in [0.717, 1.165) is 5.56 Å². The molecule has 0 spiro atoms. The summed E-state index contributed by atoms with van der Waals surface area (Å²) in [6.07, 6.45) is 2.70. The van der Waals surface area contributed by atoms with E-state index < -0.39 is 6.61 Å². The number of aromatic nitrogens is 2. The van der Waals surface area contributed by atoms with Crippen LogP contribution in [0.4, 0.5) is 20.3 Å².